The van der Waals surface area contributed by atoms with Crippen LogP contribution in [0, 0.1) is 0 Å². The van der Waals surface area contributed by atoms with Crippen molar-refractivity contribution in [3.8, 4) is 0 Å². The number of halogens is 3. The minimum Gasteiger partial charge on any atom is -0.366 e. The average molecular weight is 496 g/mol. The summed E-state index contributed by atoms with van der Waals surface area (Å²) in [6, 6.07) is 5.83. The minimum absolute atomic E-state index is 0.0582. The molecule has 15 heteroatoms. The van der Waals surface area contributed by atoms with Gasteiger partial charge in [-0.25, -0.2) is 18.4 Å². The van der Waals surface area contributed by atoms with Crippen molar-refractivity contribution >= 4 is 39.2 Å². The van der Waals surface area contributed by atoms with E-state index in [1.807, 2.05) is 0 Å². The second-order valence-electron chi connectivity index (χ2n) is 6.73. The highest BCUT2D eigenvalue weighted by Gasteiger charge is 2.35. The zero-order chi connectivity index (χ0) is 24.9. The van der Waals surface area contributed by atoms with Crippen molar-refractivity contribution in [1.29, 1.82) is 0 Å². The van der Waals surface area contributed by atoms with Crippen LogP contribution >= 0.6 is 0 Å². The Morgan fingerprint density at radius 2 is 1.74 bits per heavy atom. The predicted octanol–water partition coefficient (Wildman–Crippen LogP) is 2.50. The number of amides is 1. The molecule has 0 aliphatic heterocycles. The highest BCUT2D eigenvalue weighted by atomic mass is 32.2. The molecule has 0 radical (unpaired) electrons. The fourth-order valence-corrected chi connectivity index (χ4v) is 3.21. The molecule has 1 amide bonds. The van der Waals surface area contributed by atoms with Crippen LogP contribution < -0.4 is 21.1 Å². The number of hydrogen-bond acceptors (Lipinski definition) is 9. The first-order valence-electron chi connectivity index (χ1n) is 9.64. The third-order valence-corrected chi connectivity index (χ3v) is 5.61. The van der Waals surface area contributed by atoms with Crippen LogP contribution in [0.1, 0.15) is 28.5 Å². The maximum Gasteiger partial charge on any atom is 0.421 e. The number of anilines is 4. The third-order valence-electron chi connectivity index (χ3n) is 4.35. The Hall–Kier alpha value is -4.01. The first-order valence-corrected chi connectivity index (χ1v) is 11.3. The molecule has 0 aliphatic carbocycles. The number of sulfonamides is 1. The number of nitrogens with two attached hydrogens (primary N) is 1. The van der Waals surface area contributed by atoms with Gasteiger partial charge in [-0.05, 0) is 31.2 Å². The molecule has 11 nitrogen and oxygen atoms in total. The molecule has 2 heterocycles. The van der Waals surface area contributed by atoms with E-state index in [4.69, 9.17) is 5.73 Å². The number of rotatable bonds is 9. The largest absolute Gasteiger partial charge is 0.421 e. The molecule has 0 unspecified atom stereocenters. The van der Waals surface area contributed by atoms with Gasteiger partial charge >= 0.3 is 6.18 Å². The van der Waals surface area contributed by atoms with Gasteiger partial charge in [0.05, 0.1) is 12.3 Å². The van der Waals surface area contributed by atoms with Gasteiger partial charge in [-0.15, -0.1) is 0 Å². The van der Waals surface area contributed by atoms with E-state index in [0.717, 1.165) is 0 Å². The SMILES string of the molecule is CCS(=O)(=O)Nc1nccnc1CNc1nc(Nc2ccc(C(N)=O)cc2)ncc1C(F)(F)F. The number of nitrogens with one attached hydrogen (secondary N) is 3. The van der Waals surface area contributed by atoms with E-state index in [-0.39, 0.29) is 35.3 Å². The fraction of sp³-hybridized carbons (Fsp3) is 0.211. The number of nitrogens with zero attached hydrogens (tertiary/aromatic N) is 4. The molecule has 2 aromatic heterocycles. The Balaban J connectivity index is 1.86. The average Bonchev–Trinajstić information content (AvgIpc) is 2.78. The molecule has 1 aromatic carbocycles. The zero-order valence-electron chi connectivity index (χ0n) is 17.6. The standard InChI is InChI=1S/C19H19F3N8O3S/c1-2-34(32,33)30-17-14(24-7-8-25-17)10-26-16-13(19(20,21)22)9-27-18(29-16)28-12-5-3-11(4-6-12)15(23)31/h3-9H,2,10H2,1H3,(H2,23,31)(H,25,30)(H2,26,27,28,29). The van der Waals surface area contributed by atoms with Crippen molar-refractivity contribution in [3.63, 3.8) is 0 Å². The fourth-order valence-electron chi connectivity index (χ4n) is 2.60. The molecule has 0 aliphatic rings. The topological polar surface area (TPSA) is 165 Å². The molecule has 34 heavy (non-hydrogen) atoms. The first kappa shape index (κ1) is 24.6. The Morgan fingerprint density at radius 3 is 2.35 bits per heavy atom. The lowest BCUT2D eigenvalue weighted by molar-refractivity contribution is -0.137. The molecule has 5 N–H and O–H groups in total. The van der Waals surface area contributed by atoms with Gasteiger partial charge in [0.2, 0.25) is 21.9 Å². The Kier molecular flexibility index (Phi) is 7.14. The van der Waals surface area contributed by atoms with Gasteiger partial charge in [0.1, 0.15) is 17.1 Å². The Bertz CT molecular complexity index is 1280. The molecule has 0 saturated heterocycles. The van der Waals surface area contributed by atoms with E-state index >= 15 is 0 Å². The quantitative estimate of drug-likeness (QED) is 0.348. The van der Waals surface area contributed by atoms with Crippen LogP contribution in [0.25, 0.3) is 0 Å². The lowest BCUT2D eigenvalue weighted by Gasteiger charge is -2.15. The summed E-state index contributed by atoms with van der Waals surface area (Å²) in [7, 11) is -3.68. The van der Waals surface area contributed by atoms with Gasteiger partial charge in [-0.3, -0.25) is 14.5 Å². The van der Waals surface area contributed by atoms with Gasteiger partial charge in [0, 0.05) is 29.8 Å². The van der Waals surface area contributed by atoms with E-state index in [0.29, 0.717) is 11.9 Å². The summed E-state index contributed by atoms with van der Waals surface area (Å²) in [5, 5.41) is 5.26. The highest BCUT2D eigenvalue weighted by molar-refractivity contribution is 7.92. The van der Waals surface area contributed by atoms with Gasteiger partial charge in [-0.1, -0.05) is 0 Å². The summed E-state index contributed by atoms with van der Waals surface area (Å²) in [5.74, 6) is -1.70. The number of carbonyl (C=O) groups is 1. The lowest BCUT2D eigenvalue weighted by Crippen LogP contribution is -2.19. The van der Waals surface area contributed by atoms with Crippen molar-refractivity contribution in [3.05, 3.63) is 59.7 Å². The molecule has 0 spiro atoms. The second kappa shape index (κ2) is 9.86. The van der Waals surface area contributed by atoms with Crippen LogP contribution in [0.5, 0.6) is 0 Å². The van der Waals surface area contributed by atoms with Gasteiger partial charge < -0.3 is 16.4 Å². The summed E-state index contributed by atoms with van der Waals surface area (Å²) in [6.45, 7) is 1.10. The van der Waals surface area contributed by atoms with Crippen molar-refractivity contribution < 1.29 is 26.4 Å². The van der Waals surface area contributed by atoms with E-state index in [1.54, 1.807) is 0 Å². The van der Waals surface area contributed by atoms with E-state index in [1.165, 1.54) is 43.6 Å². The summed E-state index contributed by atoms with van der Waals surface area (Å²) < 4.78 is 66.4. The highest BCUT2D eigenvalue weighted by Crippen LogP contribution is 2.34. The number of hydrogen-bond donors (Lipinski definition) is 4. The minimum atomic E-state index is -4.76. The predicted molar refractivity (Wildman–Crippen MR) is 118 cm³/mol. The molecule has 0 fully saturated rings. The maximum atomic E-state index is 13.5. The van der Waals surface area contributed by atoms with Crippen LogP contribution in [-0.2, 0) is 22.7 Å². The van der Waals surface area contributed by atoms with E-state index in [2.05, 4.69) is 35.3 Å². The maximum absolute atomic E-state index is 13.5. The normalized spacial score (nSPS) is 11.6. The van der Waals surface area contributed by atoms with Gasteiger partial charge in [0.15, 0.2) is 5.82 Å². The number of primary amides is 1. The van der Waals surface area contributed by atoms with Crippen molar-refractivity contribution in [2.45, 2.75) is 19.6 Å². The monoisotopic (exact) mass is 496 g/mol. The van der Waals surface area contributed by atoms with Gasteiger partial charge in [0.25, 0.3) is 0 Å². The molecule has 0 bridgehead atoms. The van der Waals surface area contributed by atoms with Crippen molar-refractivity contribution in [1.82, 2.24) is 19.9 Å². The van der Waals surface area contributed by atoms with Gasteiger partial charge in [-0.2, -0.15) is 18.2 Å². The summed E-state index contributed by atoms with van der Waals surface area (Å²) in [4.78, 5) is 26.6. The van der Waals surface area contributed by atoms with Crippen LogP contribution in [0.3, 0.4) is 0 Å². The zero-order valence-corrected chi connectivity index (χ0v) is 18.4. The molecule has 3 aromatic rings. The van der Waals surface area contributed by atoms with Crippen molar-refractivity contribution in [2.24, 2.45) is 5.73 Å². The summed E-state index contributed by atoms with van der Waals surface area (Å²) in [5.41, 5.74) is 4.76. The summed E-state index contributed by atoms with van der Waals surface area (Å²) >= 11 is 0. The van der Waals surface area contributed by atoms with E-state index in [9.17, 15) is 26.4 Å². The number of aromatic nitrogens is 4. The molecular formula is C19H19F3N8O3S. The number of benzene rings is 1. The number of alkyl halides is 3. The van der Waals surface area contributed by atoms with E-state index < -0.39 is 33.5 Å². The van der Waals surface area contributed by atoms with Crippen LogP contribution in [0.15, 0.2) is 42.9 Å². The number of carbonyl (C=O) groups excluding carboxylic acids is 1. The van der Waals surface area contributed by atoms with Crippen LogP contribution in [-0.4, -0.2) is 40.0 Å². The Morgan fingerprint density at radius 1 is 1.06 bits per heavy atom. The molecule has 0 atom stereocenters. The first-order chi connectivity index (χ1) is 16.0. The van der Waals surface area contributed by atoms with Crippen LogP contribution in [0.4, 0.5) is 36.4 Å². The molecule has 0 saturated carbocycles. The summed E-state index contributed by atoms with van der Waals surface area (Å²) in [6.07, 6.45) is -1.64. The lowest BCUT2D eigenvalue weighted by atomic mass is 10.2. The molecule has 3 rings (SSSR count). The van der Waals surface area contributed by atoms with Crippen LogP contribution in [0.2, 0.25) is 0 Å². The molecule has 180 valence electrons. The smallest absolute Gasteiger partial charge is 0.366 e. The second-order valence-corrected chi connectivity index (χ2v) is 8.74. The Labute approximate surface area is 192 Å². The third kappa shape index (κ3) is 6.28. The molecular weight excluding hydrogens is 477 g/mol. The van der Waals surface area contributed by atoms with Crippen molar-refractivity contribution in [2.75, 3.05) is 21.1 Å².